The fourth-order valence-electron chi connectivity index (χ4n) is 2.61. The second kappa shape index (κ2) is 5.90. The Labute approximate surface area is 127 Å². The van der Waals surface area contributed by atoms with E-state index in [1.165, 1.54) is 4.68 Å². The van der Waals surface area contributed by atoms with Gasteiger partial charge in [0.25, 0.3) is 5.56 Å². The third-order valence-electron chi connectivity index (χ3n) is 3.65. The fraction of sp³-hybridized carbons (Fsp3) is 0.312. The van der Waals surface area contributed by atoms with E-state index in [9.17, 15) is 4.79 Å². The van der Waals surface area contributed by atoms with E-state index in [-0.39, 0.29) is 5.56 Å². The summed E-state index contributed by atoms with van der Waals surface area (Å²) in [5.41, 5.74) is 3.15. The third-order valence-corrected chi connectivity index (χ3v) is 3.65. The third kappa shape index (κ3) is 2.42. The lowest BCUT2D eigenvalue weighted by Gasteiger charge is -1.97. The number of benzene rings is 1. The number of H-pyrrole nitrogens is 2. The molecule has 0 fully saturated rings. The zero-order valence-corrected chi connectivity index (χ0v) is 12.4. The van der Waals surface area contributed by atoms with Gasteiger partial charge in [-0.25, -0.2) is 4.98 Å². The van der Waals surface area contributed by atoms with Gasteiger partial charge in [-0.15, -0.1) is 0 Å². The van der Waals surface area contributed by atoms with Crippen LogP contribution in [0.15, 0.2) is 29.1 Å². The van der Waals surface area contributed by atoms with Gasteiger partial charge in [-0.3, -0.25) is 9.89 Å². The highest BCUT2D eigenvalue weighted by atomic mass is 16.1. The molecule has 0 amide bonds. The fourth-order valence-corrected chi connectivity index (χ4v) is 2.61. The Morgan fingerprint density at radius 1 is 1.32 bits per heavy atom. The summed E-state index contributed by atoms with van der Waals surface area (Å²) in [6, 6.07) is 9.74. The number of rotatable bonds is 5. The molecule has 0 saturated heterocycles. The predicted molar refractivity (Wildman–Crippen MR) is 84.0 cm³/mol. The van der Waals surface area contributed by atoms with Crippen molar-refractivity contribution in [3.8, 4) is 12.0 Å². The first-order valence-electron chi connectivity index (χ1n) is 7.39. The lowest BCUT2D eigenvalue weighted by molar-refractivity contribution is 0.764. The minimum absolute atomic E-state index is 0.127. The number of fused-ring (bicyclic) bond motifs is 1. The molecule has 0 spiro atoms. The molecule has 0 aliphatic rings. The summed E-state index contributed by atoms with van der Waals surface area (Å²) in [5.74, 6) is 0.478. The van der Waals surface area contributed by atoms with Gasteiger partial charge in [0.15, 0.2) is 0 Å². The number of hydrogen-bond donors (Lipinski definition) is 2. The van der Waals surface area contributed by atoms with Gasteiger partial charge >= 0.3 is 0 Å². The second-order valence-electron chi connectivity index (χ2n) is 5.20. The van der Waals surface area contributed by atoms with E-state index in [0.29, 0.717) is 24.4 Å². The molecule has 3 aromatic rings. The molecule has 0 unspecified atom stereocenters. The van der Waals surface area contributed by atoms with E-state index in [1.54, 1.807) is 0 Å². The van der Waals surface area contributed by atoms with Crippen molar-refractivity contribution < 1.29 is 0 Å². The number of imidazole rings is 1. The van der Waals surface area contributed by atoms with Gasteiger partial charge in [0, 0.05) is 17.7 Å². The number of nitrogens with zero attached hydrogens (tertiary/aromatic N) is 3. The molecule has 6 nitrogen and oxygen atoms in total. The van der Waals surface area contributed by atoms with Gasteiger partial charge in [0.2, 0.25) is 5.95 Å². The van der Waals surface area contributed by atoms with Crippen LogP contribution in [0.25, 0.3) is 17.0 Å². The Balaban J connectivity index is 2.10. The van der Waals surface area contributed by atoms with Crippen molar-refractivity contribution in [2.75, 3.05) is 0 Å². The van der Waals surface area contributed by atoms with Crippen LogP contribution in [0, 0.1) is 11.3 Å². The molecule has 1 aromatic carbocycles. The Morgan fingerprint density at radius 2 is 2.14 bits per heavy atom. The molecular formula is C16H17N5O. The van der Waals surface area contributed by atoms with Crippen LogP contribution in [-0.4, -0.2) is 19.7 Å². The molecule has 0 bridgehead atoms. The summed E-state index contributed by atoms with van der Waals surface area (Å²) < 4.78 is 1.44. The quantitative estimate of drug-likeness (QED) is 0.757. The monoisotopic (exact) mass is 295 g/mol. The molecule has 0 atom stereocenters. The maximum Gasteiger partial charge on any atom is 0.277 e. The summed E-state index contributed by atoms with van der Waals surface area (Å²) >= 11 is 0. The predicted octanol–water partition coefficient (Wildman–Crippen LogP) is 2.45. The molecule has 0 saturated carbocycles. The van der Waals surface area contributed by atoms with Crippen LogP contribution in [-0.2, 0) is 12.8 Å². The van der Waals surface area contributed by atoms with E-state index in [2.05, 4.69) is 28.1 Å². The van der Waals surface area contributed by atoms with Gasteiger partial charge in [0.05, 0.1) is 17.1 Å². The van der Waals surface area contributed by atoms with Crippen molar-refractivity contribution in [3.05, 3.63) is 45.9 Å². The molecule has 2 heterocycles. The average Bonchev–Trinajstić information content (AvgIpc) is 3.07. The lowest BCUT2D eigenvalue weighted by Crippen LogP contribution is -2.18. The molecule has 22 heavy (non-hydrogen) atoms. The normalized spacial score (nSPS) is 10.9. The SMILES string of the molecule is CCCc1[nH]n(-c2nc3ccccc3[nH]2)c(=O)c1CCC#N. The summed E-state index contributed by atoms with van der Waals surface area (Å²) in [5, 5.41) is 11.9. The average molecular weight is 295 g/mol. The highest BCUT2D eigenvalue weighted by molar-refractivity contribution is 5.75. The van der Waals surface area contributed by atoms with Crippen molar-refractivity contribution in [1.29, 1.82) is 5.26 Å². The van der Waals surface area contributed by atoms with Gasteiger partial charge in [-0.05, 0) is 25.0 Å². The molecule has 2 N–H and O–H groups in total. The minimum Gasteiger partial charge on any atom is -0.322 e. The first-order chi connectivity index (χ1) is 10.7. The zero-order chi connectivity index (χ0) is 15.5. The van der Waals surface area contributed by atoms with Gasteiger partial charge in [0.1, 0.15) is 0 Å². The highest BCUT2D eigenvalue weighted by Crippen LogP contribution is 2.14. The van der Waals surface area contributed by atoms with Crippen LogP contribution in [0.4, 0.5) is 0 Å². The van der Waals surface area contributed by atoms with E-state index >= 15 is 0 Å². The molecule has 112 valence electrons. The Kier molecular flexibility index (Phi) is 3.79. The molecule has 0 aliphatic heterocycles. The van der Waals surface area contributed by atoms with Crippen molar-refractivity contribution in [2.24, 2.45) is 0 Å². The molecule has 0 aliphatic carbocycles. The minimum atomic E-state index is -0.127. The molecule has 3 rings (SSSR count). The van der Waals surface area contributed by atoms with Gasteiger partial charge in [-0.1, -0.05) is 25.5 Å². The van der Waals surface area contributed by atoms with Crippen molar-refractivity contribution >= 4 is 11.0 Å². The van der Waals surface area contributed by atoms with Crippen LogP contribution in [0.2, 0.25) is 0 Å². The largest absolute Gasteiger partial charge is 0.322 e. The Morgan fingerprint density at radius 3 is 2.86 bits per heavy atom. The Bertz CT molecular complexity index is 860. The second-order valence-corrected chi connectivity index (χ2v) is 5.20. The van der Waals surface area contributed by atoms with Crippen molar-refractivity contribution in [2.45, 2.75) is 32.6 Å². The summed E-state index contributed by atoms with van der Waals surface area (Å²) in [6.45, 7) is 2.06. The highest BCUT2D eigenvalue weighted by Gasteiger charge is 2.16. The van der Waals surface area contributed by atoms with Crippen LogP contribution in [0.1, 0.15) is 31.0 Å². The molecule has 2 aromatic heterocycles. The van der Waals surface area contributed by atoms with Crippen LogP contribution < -0.4 is 5.56 Å². The van der Waals surface area contributed by atoms with Crippen LogP contribution in [0.3, 0.4) is 0 Å². The maximum absolute atomic E-state index is 12.6. The first kappa shape index (κ1) is 14.1. The number of aromatic nitrogens is 4. The molecular weight excluding hydrogens is 278 g/mol. The number of hydrogen-bond acceptors (Lipinski definition) is 3. The summed E-state index contributed by atoms with van der Waals surface area (Å²) in [6.07, 6.45) is 2.52. The van der Waals surface area contributed by atoms with E-state index in [0.717, 1.165) is 29.6 Å². The maximum atomic E-state index is 12.6. The first-order valence-corrected chi connectivity index (χ1v) is 7.39. The van der Waals surface area contributed by atoms with E-state index in [4.69, 9.17) is 5.26 Å². The lowest BCUT2D eigenvalue weighted by atomic mass is 10.1. The standard InChI is InChI=1S/C16H17N5O/c1-2-6-12-11(7-5-10-17)15(22)21(20-12)16-18-13-8-3-4-9-14(13)19-16/h3-4,8-9,20H,2,5-7H2,1H3,(H,18,19). The zero-order valence-electron chi connectivity index (χ0n) is 12.4. The smallest absolute Gasteiger partial charge is 0.277 e. The van der Waals surface area contributed by atoms with Crippen molar-refractivity contribution in [3.63, 3.8) is 0 Å². The van der Waals surface area contributed by atoms with E-state index < -0.39 is 0 Å². The number of aromatic amines is 2. The topological polar surface area (TPSA) is 90.3 Å². The van der Waals surface area contributed by atoms with Gasteiger partial charge in [-0.2, -0.15) is 9.94 Å². The molecule has 0 radical (unpaired) electrons. The van der Waals surface area contributed by atoms with E-state index in [1.807, 2.05) is 24.3 Å². The summed E-state index contributed by atoms with van der Waals surface area (Å²) in [7, 11) is 0. The Hall–Kier alpha value is -2.81. The number of para-hydroxylation sites is 2. The van der Waals surface area contributed by atoms with Gasteiger partial charge < -0.3 is 4.98 Å². The number of nitrogens with one attached hydrogen (secondary N) is 2. The number of aryl methyl sites for hydroxylation is 1. The molecule has 6 heteroatoms. The van der Waals surface area contributed by atoms with Crippen LogP contribution in [0.5, 0.6) is 0 Å². The van der Waals surface area contributed by atoms with Crippen molar-refractivity contribution in [1.82, 2.24) is 19.7 Å². The van der Waals surface area contributed by atoms with Crippen LogP contribution >= 0.6 is 0 Å². The number of nitriles is 1. The summed E-state index contributed by atoms with van der Waals surface area (Å²) in [4.78, 5) is 20.2.